The maximum absolute atomic E-state index is 10.5. The summed E-state index contributed by atoms with van der Waals surface area (Å²) in [7, 11) is 0. The van der Waals surface area contributed by atoms with Crippen LogP contribution in [0.15, 0.2) is 24.3 Å². The van der Waals surface area contributed by atoms with Gasteiger partial charge in [-0.2, -0.15) is 0 Å². The van der Waals surface area contributed by atoms with E-state index in [1.54, 1.807) is 12.1 Å². The molecule has 0 saturated heterocycles. The molecule has 14 heavy (non-hydrogen) atoms. The van der Waals surface area contributed by atoms with Crippen molar-refractivity contribution in [2.45, 2.75) is 13.8 Å². The number of hydrogen-bond acceptors (Lipinski definition) is 3. The Morgan fingerprint density at radius 2 is 2.00 bits per heavy atom. The van der Waals surface area contributed by atoms with Crippen LogP contribution in [0.2, 0.25) is 0 Å². The predicted octanol–water partition coefficient (Wildman–Crippen LogP) is 2.44. The molecule has 0 atom stereocenters. The fourth-order valence-electron chi connectivity index (χ4n) is 1.39. The van der Waals surface area contributed by atoms with E-state index in [0.29, 0.717) is 0 Å². The van der Waals surface area contributed by atoms with E-state index in [0.717, 1.165) is 18.8 Å². The van der Waals surface area contributed by atoms with Crippen LogP contribution >= 0.6 is 0 Å². The molecule has 0 heterocycles. The van der Waals surface area contributed by atoms with Gasteiger partial charge in [-0.1, -0.05) is 6.07 Å². The summed E-state index contributed by atoms with van der Waals surface area (Å²) < 4.78 is 0. The molecule has 0 aromatic heterocycles. The summed E-state index contributed by atoms with van der Waals surface area (Å²) in [6.45, 7) is 5.78. The van der Waals surface area contributed by atoms with Crippen LogP contribution in [0.5, 0.6) is 0 Å². The number of nitro benzene ring substituents is 1. The van der Waals surface area contributed by atoms with Crippen LogP contribution in [0.25, 0.3) is 0 Å². The lowest BCUT2D eigenvalue weighted by Gasteiger charge is -2.20. The second-order valence-corrected chi connectivity index (χ2v) is 2.95. The fourth-order valence-corrected chi connectivity index (χ4v) is 1.39. The van der Waals surface area contributed by atoms with Gasteiger partial charge in [0, 0.05) is 30.9 Å². The van der Waals surface area contributed by atoms with Crippen molar-refractivity contribution in [2.75, 3.05) is 18.0 Å². The first-order valence-corrected chi connectivity index (χ1v) is 4.68. The van der Waals surface area contributed by atoms with Gasteiger partial charge in [0.2, 0.25) is 0 Å². The first-order valence-electron chi connectivity index (χ1n) is 4.68. The van der Waals surface area contributed by atoms with Gasteiger partial charge in [-0.05, 0) is 19.9 Å². The van der Waals surface area contributed by atoms with Gasteiger partial charge in [0.25, 0.3) is 5.69 Å². The number of rotatable bonds is 4. The minimum atomic E-state index is -0.368. The van der Waals surface area contributed by atoms with Crippen LogP contribution in [-0.4, -0.2) is 18.0 Å². The SMILES string of the molecule is CCN(CC)c1cccc([N+](=O)[O-])c1. The van der Waals surface area contributed by atoms with Gasteiger partial charge in [0.05, 0.1) is 4.92 Å². The van der Waals surface area contributed by atoms with Crippen molar-refractivity contribution < 1.29 is 4.92 Å². The van der Waals surface area contributed by atoms with E-state index in [-0.39, 0.29) is 10.6 Å². The first-order chi connectivity index (χ1) is 6.69. The summed E-state index contributed by atoms with van der Waals surface area (Å²) in [4.78, 5) is 12.2. The molecule has 76 valence electrons. The Labute approximate surface area is 83.3 Å². The fraction of sp³-hybridized carbons (Fsp3) is 0.400. The Kier molecular flexibility index (Phi) is 3.45. The van der Waals surface area contributed by atoms with Gasteiger partial charge in [-0.15, -0.1) is 0 Å². The van der Waals surface area contributed by atoms with E-state index in [2.05, 4.69) is 4.90 Å². The zero-order valence-corrected chi connectivity index (χ0v) is 8.43. The number of nitrogens with zero attached hydrogens (tertiary/aromatic N) is 2. The van der Waals surface area contributed by atoms with Crippen molar-refractivity contribution in [1.82, 2.24) is 0 Å². The second-order valence-electron chi connectivity index (χ2n) is 2.95. The molecular formula is C10H14N2O2. The first kappa shape index (κ1) is 10.5. The highest BCUT2D eigenvalue weighted by molar-refractivity contribution is 5.52. The van der Waals surface area contributed by atoms with Crippen LogP contribution in [0.1, 0.15) is 13.8 Å². The minimum Gasteiger partial charge on any atom is -0.372 e. The van der Waals surface area contributed by atoms with E-state index in [1.165, 1.54) is 6.07 Å². The number of nitro groups is 1. The highest BCUT2D eigenvalue weighted by Gasteiger charge is 2.08. The molecular weight excluding hydrogens is 180 g/mol. The van der Waals surface area contributed by atoms with Gasteiger partial charge < -0.3 is 4.90 Å². The number of anilines is 1. The van der Waals surface area contributed by atoms with E-state index >= 15 is 0 Å². The summed E-state index contributed by atoms with van der Waals surface area (Å²) >= 11 is 0. The smallest absolute Gasteiger partial charge is 0.271 e. The summed E-state index contributed by atoms with van der Waals surface area (Å²) in [6.07, 6.45) is 0. The maximum atomic E-state index is 10.5. The van der Waals surface area contributed by atoms with Crippen molar-refractivity contribution in [2.24, 2.45) is 0 Å². The molecule has 0 aliphatic rings. The average Bonchev–Trinajstić information content (AvgIpc) is 2.20. The Bertz CT molecular complexity index is 322. The van der Waals surface area contributed by atoms with Gasteiger partial charge in [0.15, 0.2) is 0 Å². The minimum absolute atomic E-state index is 0.148. The molecule has 0 radical (unpaired) electrons. The van der Waals surface area contributed by atoms with E-state index < -0.39 is 0 Å². The van der Waals surface area contributed by atoms with Crippen LogP contribution in [0, 0.1) is 10.1 Å². The van der Waals surface area contributed by atoms with Crippen molar-refractivity contribution in [3.63, 3.8) is 0 Å². The lowest BCUT2D eigenvalue weighted by Crippen LogP contribution is -2.21. The van der Waals surface area contributed by atoms with Crippen molar-refractivity contribution in [1.29, 1.82) is 0 Å². The topological polar surface area (TPSA) is 46.4 Å². The highest BCUT2D eigenvalue weighted by atomic mass is 16.6. The van der Waals surface area contributed by atoms with Crippen molar-refractivity contribution >= 4 is 11.4 Å². The zero-order valence-electron chi connectivity index (χ0n) is 8.43. The van der Waals surface area contributed by atoms with Crippen molar-refractivity contribution in [3.05, 3.63) is 34.4 Å². The van der Waals surface area contributed by atoms with Crippen LogP contribution < -0.4 is 4.90 Å². The Morgan fingerprint density at radius 1 is 1.36 bits per heavy atom. The third kappa shape index (κ3) is 2.22. The maximum Gasteiger partial charge on any atom is 0.271 e. The highest BCUT2D eigenvalue weighted by Crippen LogP contribution is 2.20. The predicted molar refractivity (Wildman–Crippen MR) is 56.7 cm³/mol. The molecule has 0 aliphatic heterocycles. The molecule has 0 unspecified atom stereocenters. The number of benzene rings is 1. The van der Waals surface area contributed by atoms with Gasteiger partial charge in [0.1, 0.15) is 0 Å². The molecule has 1 aromatic carbocycles. The van der Waals surface area contributed by atoms with Gasteiger partial charge >= 0.3 is 0 Å². The lowest BCUT2D eigenvalue weighted by atomic mass is 10.2. The Balaban J connectivity index is 2.98. The molecule has 4 nitrogen and oxygen atoms in total. The Hall–Kier alpha value is -1.58. The van der Waals surface area contributed by atoms with Crippen LogP contribution in [-0.2, 0) is 0 Å². The quantitative estimate of drug-likeness (QED) is 0.546. The average molecular weight is 194 g/mol. The third-order valence-electron chi connectivity index (χ3n) is 2.17. The molecule has 0 bridgehead atoms. The standard InChI is InChI=1S/C10H14N2O2/c1-3-11(4-2)9-6-5-7-10(8-9)12(13)14/h5-8H,3-4H2,1-2H3. The number of non-ortho nitro benzene ring substituents is 1. The Morgan fingerprint density at radius 3 is 2.50 bits per heavy atom. The van der Waals surface area contributed by atoms with Crippen LogP contribution in [0.3, 0.4) is 0 Å². The van der Waals surface area contributed by atoms with E-state index in [1.807, 2.05) is 19.9 Å². The summed E-state index contributed by atoms with van der Waals surface area (Å²) in [5.41, 5.74) is 1.05. The number of hydrogen-bond donors (Lipinski definition) is 0. The van der Waals surface area contributed by atoms with E-state index in [4.69, 9.17) is 0 Å². The van der Waals surface area contributed by atoms with Gasteiger partial charge in [-0.25, -0.2) is 0 Å². The molecule has 0 amide bonds. The summed E-state index contributed by atoms with van der Waals surface area (Å²) in [5.74, 6) is 0. The molecule has 0 N–H and O–H groups in total. The third-order valence-corrected chi connectivity index (χ3v) is 2.17. The summed E-state index contributed by atoms with van der Waals surface area (Å²) in [5, 5.41) is 10.5. The molecule has 1 aromatic rings. The molecule has 0 fully saturated rings. The monoisotopic (exact) mass is 194 g/mol. The van der Waals surface area contributed by atoms with E-state index in [9.17, 15) is 10.1 Å². The second kappa shape index (κ2) is 4.60. The van der Waals surface area contributed by atoms with Crippen molar-refractivity contribution in [3.8, 4) is 0 Å². The van der Waals surface area contributed by atoms with Gasteiger partial charge in [-0.3, -0.25) is 10.1 Å². The molecule has 0 spiro atoms. The normalized spacial score (nSPS) is 9.86. The molecule has 1 rings (SSSR count). The molecule has 4 heteroatoms. The molecule has 0 saturated carbocycles. The van der Waals surface area contributed by atoms with Crippen LogP contribution in [0.4, 0.5) is 11.4 Å². The summed E-state index contributed by atoms with van der Waals surface area (Å²) in [6, 6.07) is 6.71. The lowest BCUT2D eigenvalue weighted by molar-refractivity contribution is -0.384. The zero-order chi connectivity index (χ0) is 10.6. The largest absolute Gasteiger partial charge is 0.372 e. The molecule has 0 aliphatic carbocycles.